The van der Waals surface area contributed by atoms with Crippen LogP contribution in [0.2, 0.25) is 0 Å². The lowest BCUT2D eigenvalue weighted by Gasteiger charge is -2.47. The zero-order valence-corrected chi connectivity index (χ0v) is 33.5. The van der Waals surface area contributed by atoms with Crippen molar-refractivity contribution >= 4 is 11.9 Å². The summed E-state index contributed by atoms with van der Waals surface area (Å²) < 4.78 is 39.5. The topological polar surface area (TPSA) is 321 Å². The molecule has 0 saturated carbocycles. The lowest BCUT2D eigenvalue weighted by molar-refractivity contribution is -0.376. The molecule has 4 saturated heterocycles. The number of carboxylic acids is 1. The summed E-state index contributed by atoms with van der Waals surface area (Å²) in [6.07, 6.45) is -13.3. The highest BCUT2D eigenvalue weighted by Gasteiger charge is 2.52. The molecular weight excluding hydrogens is 788 g/mol. The lowest BCUT2D eigenvalue weighted by Crippen LogP contribution is -2.65. The van der Waals surface area contributed by atoms with Crippen molar-refractivity contribution in [2.24, 2.45) is 5.92 Å². The molecule has 4 fully saturated rings. The van der Waals surface area contributed by atoms with Crippen molar-refractivity contribution in [1.29, 1.82) is 0 Å². The molecule has 18 atom stereocenters. The molecule has 0 bridgehead atoms. The van der Waals surface area contributed by atoms with Gasteiger partial charge in [-0.05, 0) is 26.2 Å². The fourth-order valence-electron chi connectivity index (χ4n) is 7.86. The average molecular weight is 855 g/mol. The molecule has 0 amide bonds. The van der Waals surface area contributed by atoms with E-state index in [0.717, 1.165) is 70.6 Å². The maximum atomic E-state index is 11.7. The number of cyclic esters (lactones) is 1. The Morgan fingerprint density at radius 3 is 1.64 bits per heavy atom. The van der Waals surface area contributed by atoms with Gasteiger partial charge in [0.15, 0.2) is 18.9 Å². The molecule has 0 aromatic rings. The number of aliphatic hydroxyl groups excluding tert-OH is 10. The Kier molecular flexibility index (Phi) is 20.2. The maximum Gasteiger partial charge on any atom is 0.334 e. The third kappa shape index (κ3) is 13.3. The Morgan fingerprint density at radius 1 is 0.627 bits per heavy atom. The number of hydrogen-bond acceptors (Lipinski definition) is 19. The van der Waals surface area contributed by atoms with Gasteiger partial charge in [0.25, 0.3) is 0 Å². The molecule has 4 heterocycles. The smallest absolute Gasteiger partial charge is 0.334 e. The number of esters is 1. The molecule has 0 spiro atoms. The van der Waals surface area contributed by atoms with E-state index >= 15 is 0 Å². The number of carbonyl (C=O) groups excluding carboxylic acids is 1. The largest absolute Gasteiger partial charge is 0.481 e. The van der Waals surface area contributed by atoms with E-state index in [1.54, 1.807) is 6.92 Å². The molecule has 0 aromatic heterocycles. The van der Waals surface area contributed by atoms with Crippen molar-refractivity contribution in [3.63, 3.8) is 0 Å². The van der Waals surface area contributed by atoms with Crippen LogP contribution in [0.1, 0.15) is 90.4 Å². The van der Waals surface area contributed by atoms with Crippen LogP contribution in [0.4, 0.5) is 0 Å². The van der Waals surface area contributed by atoms with E-state index in [9.17, 15) is 65.8 Å². The molecule has 20 nitrogen and oxygen atoms in total. The first-order chi connectivity index (χ1) is 28.1. The third-order valence-corrected chi connectivity index (χ3v) is 11.6. The van der Waals surface area contributed by atoms with Gasteiger partial charge in [0, 0.05) is 5.57 Å². The van der Waals surface area contributed by atoms with Gasteiger partial charge in [-0.15, -0.1) is 0 Å². The summed E-state index contributed by atoms with van der Waals surface area (Å²) in [5, 5.41) is 112. The van der Waals surface area contributed by atoms with Crippen molar-refractivity contribution in [3.05, 3.63) is 12.2 Å². The monoisotopic (exact) mass is 854 g/mol. The fraction of sp³-hybridized carbons (Fsp3) is 0.897. The van der Waals surface area contributed by atoms with Crippen LogP contribution in [0, 0.1) is 5.92 Å². The SMILES string of the molecule is C=C1C(=O)OC(CCCCCCCCCCCCCC(C)OC2OC(COC3OC(CO)C(O)C(O)C3O)C(O)C(O)C2OC2OC(CO)C(O)C(O)C2O)C1C(=O)O. The molecule has 59 heavy (non-hydrogen) atoms. The van der Waals surface area contributed by atoms with Crippen molar-refractivity contribution in [1.82, 2.24) is 0 Å². The Hall–Kier alpha value is -1.96. The van der Waals surface area contributed by atoms with Gasteiger partial charge in [-0.2, -0.15) is 0 Å². The van der Waals surface area contributed by atoms with Crippen molar-refractivity contribution < 1.29 is 98.9 Å². The minimum absolute atomic E-state index is 0.00884. The number of carboxylic acid groups (broad SMARTS) is 1. The van der Waals surface area contributed by atoms with E-state index in [2.05, 4.69) is 6.58 Å². The molecular formula is C39H66O20. The Bertz CT molecular complexity index is 1280. The van der Waals surface area contributed by atoms with Crippen molar-refractivity contribution in [3.8, 4) is 0 Å². The second kappa shape index (κ2) is 24.0. The number of rotatable bonds is 24. The average Bonchev–Trinajstić information content (AvgIpc) is 3.50. The Balaban J connectivity index is 1.20. The highest BCUT2D eigenvalue weighted by Crippen LogP contribution is 2.33. The predicted molar refractivity (Wildman–Crippen MR) is 200 cm³/mol. The van der Waals surface area contributed by atoms with E-state index in [1.807, 2.05) is 0 Å². The molecule has 4 rings (SSSR count). The van der Waals surface area contributed by atoms with Crippen LogP contribution in [0.15, 0.2) is 12.2 Å². The molecule has 4 aliphatic heterocycles. The Morgan fingerprint density at radius 2 is 1.10 bits per heavy atom. The minimum atomic E-state index is -1.82. The Labute approximate surface area is 343 Å². The molecule has 0 aliphatic carbocycles. The maximum absolute atomic E-state index is 11.7. The van der Waals surface area contributed by atoms with Crippen LogP contribution in [-0.2, 0) is 42.7 Å². The van der Waals surface area contributed by atoms with Gasteiger partial charge < -0.3 is 89.3 Å². The van der Waals surface area contributed by atoms with Gasteiger partial charge in [0.05, 0.1) is 25.9 Å². The molecule has 18 unspecified atom stereocenters. The summed E-state index contributed by atoms with van der Waals surface area (Å²) >= 11 is 0. The van der Waals surface area contributed by atoms with Gasteiger partial charge in [-0.1, -0.05) is 70.8 Å². The van der Waals surface area contributed by atoms with Crippen LogP contribution in [0.3, 0.4) is 0 Å². The number of ether oxygens (including phenoxy) is 7. The summed E-state index contributed by atoms with van der Waals surface area (Å²) in [4.78, 5) is 23.1. The van der Waals surface area contributed by atoms with Crippen molar-refractivity contribution in [2.75, 3.05) is 19.8 Å². The van der Waals surface area contributed by atoms with Crippen LogP contribution in [-0.4, -0.2) is 192 Å². The summed E-state index contributed by atoms with van der Waals surface area (Å²) in [5.41, 5.74) is 0.00884. The second-order valence-corrected chi connectivity index (χ2v) is 16.1. The van der Waals surface area contributed by atoms with Gasteiger partial charge >= 0.3 is 11.9 Å². The zero-order valence-electron chi connectivity index (χ0n) is 33.5. The predicted octanol–water partition coefficient (Wildman–Crippen LogP) is -1.91. The number of aliphatic hydroxyl groups is 10. The van der Waals surface area contributed by atoms with E-state index in [1.165, 1.54) is 0 Å². The summed E-state index contributed by atoms with van der Waals surface area (Å²) in [5.74, 6) is -2.68. The van der Waals surface area contributed by atoms with E-state index < -0.39 is 142 Å². The summed E-state index contributed by atoms with van der Waals surface area (Å²) in [6.45, 7) is 3.36. The molecule has 342 valence electrons. The summed E-state index contributed by atoms with van der Waals surface area (Å²) in [7, 11) is 0. The third-order valence-electron chi connectivity index (χ3n) is 11.6. The number of aliphatic carboxylic acids is 1. The van der Waals surface area contributed by atoms with Gasteiger partial charge in [0.2, 0.25) is 0 Å². The second-order valence-electron chi connectivity index (χ2n) is 16.1. The van der Waals surface area contributed by atoms with E-state index in [4.69, 9.17) is 33.2 Å². The first-order valence-corrected chi connectivity index (χ1v) is 20.8. The number of hydrogen-bond donors (Lipinski definition) is 11. The quantitative estimate of drug-likeness (QED) is 0.0287. The number of unbranched alkanes of at least 4 members (excludes halogenated alkanes) is 10. The van der Waals surface area contributed by atoms with Crippen LogP contribution in [0.25, 0.3) is 0 Å². The van der Waals surface area contributed by atoms with Crippen LogP contribution in [0.5, 0.6) is 0 Å². The van der Waals surface area contributed by atoms with E-state index in [0.29, 0.717) is 12.8 Å². The van der Waals surface area contributed by atoms with E-state index in [-0.39, 0.29) is 5.57 Å². The van der Waals surface area contributed by atoms with Crippen molar-refractivity contribution in [2.45, 2.75) is 195 Å². The molecule has 0 aromatic carbocycles. The minimum Gasteiger partial charge on any atom is -0.481 e. The standard InChI is InChI=1S/C39H66O20/c1-19(14-12-10-8-6-4-3-5-7-9-11-13-15-21-25(35(50)51)20(2)36(52)55-21)54-39-34(59-38-33(49)30(46)27(43)23(17-41)57-38)31(47)28(44)24(58-39)18-53-37-32(48)29(45)26(42)22(16-40)56-37/h19,21-34,37-49H,2-18H2,1H3,(H,50,51). The van der Waals surface area contributed by atoms with Crippen LogP contribution < -0.4 is 0 Å². The number of carbonyl (C=O) groups is 2. The lowest BCUT2D eigenvalue weighted by atomic mass is 9.93. The normalized spacial score (nSPS) is 39.6. The molecule has 11 N–H and O–H groups in total. The van der Waals surface area contributed by atoms with Gasteiger partial charge in [-0.3, -0.25) is 4.79 Å². The highest BCUT2D eigenvalue weighted by molar-refractivity contribution is 5.97. The molecule has 4 aliphatic rings. The fourth-order valence-corrected chi connectivity index (χ4v) is 7.86. The molecule has 0 radical (unpaired) electrons. The highest BCUT2D eigenvalue weighted by atomic mass is 16.8. The summed E-state index contributed by atoms with van der Waals surface area (Å²) in [6, 6.07) is 0. The first kappa shape index (κ1) is 49.7. The molecule has 20 heteroatoms. The zero-order chi connectivity index (χ0) is 43.4. The van der Waals surface area contributed by atoms with Crippen LogP contribution >= 0.6 is 0 Å². The van der Waals surface area contributed by atoms with Gasteiger partial charge in [0.1, 0.15) is 85.3 Å². The van der Waals surface area contributed by atoms with Gasteiger partial charge in [-0.25, -0.2) is 4.79 Å². The first-order valence-electron chi connectivity index (χ1n) is 20.8.